The van der Waals surface area contributed by atoms with Gasteiger partial charge in [-0.2, -0.15) is 0 Å². The van der Waals surface area contributed by atoms with E-state index >= 15 is 0 Å². The molecule has 1 heterocycles. The molecule has 1 saturated heterocycles. The van der Waals surface area contributed by atoms with Gasteiger partial charge < -0.3 is 14.2 Å². The molecule has 5 nitrogen and oxygen atoms in total. The number of carbonyl (C=O) groups is 1. The first-order chi connectivity index (χ1) is 15.5. The van der Waals surface area contributed by atoms with E-state index in [1.54, 1.807) is 20.2 Å². The smallest absolute Gasteiger partial charge is 0.265 e. The Morgan fingerprint density at radius 3 is 2.50 bits per heavy atom. The molecule has 0 radical (unpaired) electrons. The predicted octanol–water partition coefficient (Wildman–Crippen LogP) is 5.89. The van der Waals surface area contributed by atoms with E-state index in [0.717, 1.165) is 17.7 Å². The lowest BCUT2D eigenvalue weighted by molar-refractivity contribution is -0.121. The van der Waals surface area contributed by atoms with Crippen LogP contribution in [-0.4, -0.2) is 42.5 Å². The van der Waals surface area contributed by atoms with Crippen molar-refractivity contribution in [1.29, 1.82) is 0 Å². The van der Waals surface area contributed by atoms with Gasteiger partial charge in [-0.05, 0) is 36.1 Å². The van der Waals surface area contributed by atoms with E-state index in [1.165, 1.54) is 22.2 Å². The van der Waals surface area contributed by atoms with Gasteiger partial charge in [0.05, 0.1) is 25.2 Å². The van der Waals surface area contributed by atoms with Gasteiger partial charge in [0.2, 0.25) is 0 Å². The van der Waals surface area contributed by atoms with E-state index in [0.29, 0.717) is 46.3 Å². The highest BCUT2D eigenvalue weighted by Gasteiger charge is 2.29. The molecule has 1 aliphatic rings. The Hall–Kier alpha value is -2.51. The van der Waals surface area contributed by atoms with Crippen molar-refractivity contribution in [3.63, 3.8) is 0 Å². The summed E-state index contributed by atoms with van der Waals surface area (Å²) >= 11 is 6.51. The third kappa shape index (κ3) is 5.64. The average Bonchev–Trinajstić information content (AvgIpc) is 3.05. The maximum Gasteiger partial charge on any atom is 0.265 e. The normalized spacial score (nSPS) is 15.9. The van der Waals surface area contributed by atoms with Crippen LogP contribution >= 0.6 is 24.0 Å². The summed E-state index contributed by atoms with van der Waals surface area (Å²) in [6, 6.07) is 13.8. The summed E-state index contributed by atoms with van der Waals surface area (Å²) in [6.45, 7) is 5.40. The number of amides is 1. The van der Waals surface area contributed by atoms with Gasteiger partial charge in [-0.1, -0.05) is 68.2 Å². The van der Waals surface area contributed by atoms with Crippen molar-refractivity contribution in [2.45, 2.75) is 32.6 Å². The minimum absolute atomic E-state index is 0.109. The van der Waals surface area contributed by atoms with E-state index in [-0.39, 0.29) is 5.91 Å². The Balaban J connectivity index is 1.65. The summed E-state index contributed by atoms with van der Waals surface area (Å²) in [5.74, 6) is 2.50. The van der Waals surface area contributed by atoms with Gasteiger partial charge in [0.15, 0.2) is 11.5 Å². The van der Waals surface area contributed by atoms with E-state index in [1.807, 2.05) is 36.4 Å². The zero-order valence-corrected chi connectivity index (χ0v) is 20.6. The number of thioether (sulfide) groups is 1. The largest absolute Gasteiger partial charge is 0.493 e. The number of benzene rings is 2. The Morgan fingerprint density at radius 2 is 1.81 bits per heavy atom. The summed E-state index contributed by atoms with van der Waals surface area (Å²) in [4.78, 5) is 14.4. The lowest BCUT2D eigenvalue weighted by atomic mass is 9.98. The van der Waals surface area contributed by atoms with E-state index in [9.17, 15) is 4.79 Å². The van der Waals surface area contributed by atoms with Crippen LogP contribution < -0.4 is 14.2 Å². The van der Waals surface area contributed by atoms with E-state index in [2.05, 4.69) is 19.9 Å². The lowest BCUT2D eigenvalue weighted by Gasteiger charge is -2.16. The summed E-state index contributed by atoms with van der Waals surface area (Å²) in [7, 11) is 3.29. The predicted molar refractivity (Wildman–Crippen MR) is 135 cm³/mol. The first-order valence-corrected chi connectivity index (χ1v) is 11.9. The van der Waals surface area contributed by atoms with E-state index < -0.39 is 0 Å². The maximum absolute atomic E-state index is 12.4. The average molecular weight is 472 g/mol. The Labute approximate surface area is 199 Å². The molecule has 1 aliphatic heterocycles. The maximum atomic E-state index is 12.4. The molecule has 7 heteroatoms. The molecule has 170 valence electrons. The first-order valence-electron chi connectivity index (χ1n) is 10.7. The minimum atomic E-state index is -0.109. The third-order valence-corrected chi connectivity index (χ3v) is 6.84. The second-order valence-electron chi connectivity index (χ2n) is 7.52. The molecule has 2 aromatic carbocycles. The van der Waals surface area contributed by atoms with Crippen molar-refractivity contribution in [3.8, 4) is 17.2 Å². The second kappa shape index (κ2) is 11.4. The lowest BCUT2D eigenvalue weighted by Crippen LogP contribution is -2.22. The monoisotopic (exact) mass is 471 g/mol. The number of hydrogen-bond donors (Lipinski definition) is 0. The highest BCUT2D eigenvalue weighted by atomic mass is 32.2. The molecule has 1 fully saturated rings. The minimum Gasteiger partial charge on any atom is -0.493 e. The molecule has 0 unspecified atom stereocenters. The topological polar surface area (TPSA) is 48.0 Å². The quantitative estimate of drug-likeness (QED) is 0.245. The number of ether oxygens (including phenoxy) is 3. The van der Waals surface area contributed by atoms with Crippen LogP contribution in [0.2, 0.25) is 0 Å². The third-order valence-electron chi connectivity index (χ3n) is 5.36. The first kappa shape index (κ1) is 24.1. The molecule has 1 atom stereocenters. The van der Waals surface area contributed by atoms with Gasteiger partial charge in [0.1, 0.15) is 10.1 Å². The van der Waals surface area contributed by atoms with Gasteiger partial charge in [0, 0.05) is 19.0 Å². The highest BCUT2D eigenvalue weighted by Crippen LogP contribution is 2.37. The van der Waals surface area contributed by atoms with Crippen molar-refractivity contribution in [1.82, 2.24) is 4.90 Å². The van der Waals surface area contributed by atoms with Gasteiger partial charge in [-0.25, -0.2) is 0 Å². The number of likely N-dealkylation sites (N-methyl/N-ethyl adjacent to an activating group) is 1. The van der Waals surface area contributed by atoms with Gasteiger partial charge in [0.25, 0.3) is 5.91 Å². The van der Waals surface area contributed by atoms with Crippen LogP contribution in [0.5, 0.6) is 17.2 Å². The molecule has 0 spiro atoms. The number of hydrogen-bond acceptors (Lipinski definition) is 6. The van der Waals surface area contributed by atoms with Crippen LogP contribution in [0.25, 0.3) is 6.08 Å². The fourth-order valence-electron chi connectivity index (χ4n) is 3.30. The van der Waals surface area contributed by atoms with Gasteiger partial charge in [-0.15, -0.1) is 0 Å². The summed E-state index contributed by atoms with van der Waals surface area (Å²) in [5.41, 5.74) is 2.01. The zero-order valence-electron chi connectivity index (χ0n) is 18.9. The molecule has 0 N–H and O–H groups in total. The Morgan fingerprint density at radius 1 is 1.09 bits per heavy atom. The van der Waals surface area contributed by atoms with Crippen LogP contribution in [-0.2, 0) is 4.79 Å². The van der Waals surface area contributed by atoms with Crippen molar-refractivity contribution in [3.05, 3.63) is 58.5 Å². The highest BCUT2D eigenvalue weighted by molar-refractivity contribution is 8.26. The summed E-state index contributed by atoms with van der Waals surface area (Å²) < 4.78 is 18.1. The number of nitrogens with zero attached hydrogens (tertiary/aromatic N) is 1. The van der Waals surface area contributed by atoms with Crippen molar-refractivity contribution in [2.24, 2.45) is 0 Å². The molecule has 32 heavy (non-hydrogen) atoms. The van der Waals surface area contributed by atoms with Crippen LogP contribution in [0.15, 0.2) is 47.4 Å². The molecule has 0 saturated carbocycles. The van der Waals surface area contributed by atoms with Crippen LogP contribution in [0.1, 0.15) is 43.7 Å². The number of para-hydroxylation sites is 2. The van der Waals surface area contributed by atoms with Crippen molar-refractivity contribution in [2.75, 3.05) is 27.4 Å². The molecular weight excluding hydrogens is 442 g/mol. The number of rotatable bonds is 10. The van der Waals surface area contributed by atoms with Crippen molar-refractivity contribution >= 4 is 40.3 Å². The molecule has 3 rings (SSSR count). The Bertz CT molecular complexity index is 1010. The SMILES string of the molecule is CC[C@@H](C)c1ccccc1OCCCOc1c(/C=C2\SC(=S)N(C)C2=O)cccc1OC. The molecule has 0 aromatic heterocycles. The molecular formula is C25H29NO4S2. The van der Waals surface area contributed by atoms with Crippen LogP contribution in [0.4, 0.5) is 0 Å². The summed E-state index contributed by atoms with van der Waals surface area (Å²) in [6.07, 6.45) is 3.58. The molecule has 2 aromatic rings. The van der Waals surface area contributed by atoms with Crippen LogP contribution in [0.3, 0.4) is 0 Å². The van der Waals surface area contributed by atoms with Gasteiger partial charge >= 0.3 is 0 Å². The molecule has 0 aliphatic carbocycles. The fourth-order valence-corrected chi connectivity index (χ4v) is 4.47. The van der Waals surface area contributed by atoms with Crippen LogP contribution in [0, 0.1) is 0 Å². The number of methoxy groups -OCH3 is 1. The van der Waals surface area contributed by atoms with E-state index in [4.69, 9.17) is 26.4 Å². The Kier molecular flexibility index (Phi) is 8.59. The second-order valence-corrected chi connectivity index (χ2v) is 9.19. The number of thiocarbonyl (C=S) groups is 1. The van der Waals surface area contributed by atoms with Gasteiger partial charge in [-0.3, -0.25) is 9.69 Å². The van der Waals surface area contributed by atoms with Crippen molar-refractivity contribution < 1.29 is 19.0 Å². The fraction of sp³-hybridized carbons (Fsp3) is 0.360. The molecule has 0 bridgehead atoms. The molecule has 1 amide bonds. The summed E-state index contributed by atoms with van der Waals surface area (Å²) in [5, 5.41) is 0. The number of carbonyl (C=O) groups excluding carboxylic acids is 1. The zero-order chi connectivity index (χ0) is 23.1. The standard InChI is InChI=1S/C25H29NO4S2/c1-5-17(2)19-11-6-7-12-20(19)29-14-9-15-30-23-18(10-8-13-21(23)28-4)16-22-24(27)26(3)25(31)32-22/h6-8,10-13,16-17H,5,9,14-15H2,1-4H3/b22-16-/t17-/m1/s1.